The van der Waals surface area contributed by atoms with E-state index >= 15 is 0 Å². The number of piperazine rings is 1. The number of ketones is 1. The number of nitrogens with zero attached hydrogens (tertiary/aromatic N) is 3. The number of carbonyl (C=O) groups is 1. The summed E-state index contributed by atoms with van der Waals surface area (Å²) in [6.07, 6.45) is 3.21. The second-order valence-corrected chi connectivity index (χ2v) is 8.60. The van der Waals surface area contributed by atoms with Crippen LogP contribution in [0.25, 0.3) is 11.0 Å². The van der Waals surface area contributed by atoms with Gasteiger partial charge in [-0.25, -0.2) is 0 Å². The molecule has 2 aromatic heterocycles. The maximum Gasteiger partial charge on any atom is 0.249 e. The summed E-state index contributed by atoms with van der Waals surface area (Å²) in [5, 5.41) is 0.892. The normalized spacial score (nSPS) is 16.5. The number of aromatic nitrogens is 2. The Morgan fingerprint density at radius 2 is 1.78 bits per heavy atom. The first-order valence-electron chi connectivity index (χ1n) is 11.4. The van der Waals surface area contributed by atoms with Gasteiger partial charge in [0.05, 0.1) is 6.61 Å². The van der Waals surface area contributed by atoms with Gasteiger partial charge in [0.2, 0.25) is 11.4 Å². The highest BCUT2D eigenvalue weighted by Gasteiger charge is 2.25. The maximum absolute atomic E-state index is 11.9. The Morgan fingerprint density at radius 3 is 2.66 bits per heavy atom. The SMILES string of the molecule is O=C1Cc2cccc(N3CCN(CCCCOc4ccc5ccc(=O)[nH]c5n4)CC3)c2C1. The van der Waals surface area contributed by atoms with Crippen LogP contribution in [0.15, 0.2) is 47.3 Å². The van der Waals surface area contributed by atoms with Gasteiger partial charge in [0.1, 0.15) is 11.4 Å². The summed E-state index contributed by atoms with van der Waals surface area (Å²) in [7, 11) is 0. The molecule has 3 aromatic rings. The van der Waals surface area contributed by atoms with Crippen LogP contribution < -0.4 is 15.2 Å². The minimum absolute atomic E-state index is 0.160. The molecule has 1 fully saturated rings. The van der Waals surface area contributed by atoms with Crippen molar-refractivity contribution in [1.29, 1.82) is 0 Å². The molecular weight excluding hydrogens is 404 g/mol. The van der Waals surface area contributed by atoms with Crippen molar-refractivity contribution in [3.8, 4) is 5.88 Å². The summed E-state index contributed by atoms with van der Waals surface area (Å²) in [5.74, 6) is 0.877. The Kier molecular flexibility index (Phi) is 5.90. The molecule has 0 bridgehead atoms. The lowest BCUT2D eigenvalue weighted by Gasteiger charge is -2.37. The van der Waals surface area contributed by atoms with Crippen molar-refractivity contribution in [3.05, 3.63) is 63.9 Å². The maximum atomic E-state index is 11.9. The molecule has 1 saturated heterocycles. The average Bonchev–Trinajstić information content (AvgIpc) is 3.19. The fourth-order valence-corrected chi connectivity index (χ4v) is 4.68. The number of fused-ring (bicyclic) bond motifs is 2. The van der Waals surface area contributed by atoms with Gasteiger partial charge < -0.3 is 14.6 Å². The van der Waals surface area contributed by atoms with E-state index in [1.54, 1.807) is 6.07 Å². The number of carbonyl (C=O) groups excluding carboxylic acids is 1. The Morgan fingerprint density at radius 1 is 0.938 bits per heavy atom. The Labute approximate surface area is 187 Å². The van der Waals surface area contributed by atoms with E-state index in [1.165, 1.54) is 22.9 Å². The number of benzene rings is 1. The van der Waals surface area contributed by atoms with Crippen LogP contribution in [0.4, 0.5) is 5.69 Å². The Balaban J connectivity index is 1.05. The third-order valence-corrected chi connectivity index (χ3v) is 6.40. The summed E-state index contributed by atoms with van der Waals surface area (Å²) >= 11 is 0. The van der Waals surface area contributed by atoms with Gasteiger partial charge in [-0.1, -0.05) is 12.1 Å². The predicted octanol–water partition coefficient (Wildman–Crippen LogP) is 2.57. The van der Waals surface area contributed by atoms with Crippen molar-refractivity contribution >= 4 is 22.5 Å². The van der Waals surface area contributed by atoms with Gasteiger partial charge >= 0.3 is 0 Å². The molecular formula is C25H28N4O3. The van der Waals surface area contributed by atoms with Gasteiger partial charge in [0.25, 0.3) is 0 Å². The summed E-state index contributed by atoms with van der Waals surface area (Å²) in [6.45, 7) is 5.75. The van der Waals surface area contributed by atoms with E-state index in [0.29, 0.717) is 36.8 Å². The number of anilines is 1. The molecule has 2 aliphatic rings. The van der Waals surface area contributed by atoms with E-state index in [9.17, 15) is 9.59 Å². The van der Waals surface area contributed by atoms with Crippen molar-refractivity contribution < 1.29 is 9.53 Å². The first-order valence-corrected chi connectivity index (χ1v) is 11.4. The molecule has 0 spiro atoms. The average molecular weight is 433 g/mol. The molecule has 1 aromatic carbocycles. The summed E-state index contributed by atoms with van der Waals surface area (Å²) in [4.78, 5) is 35.4. The number of Topliss-reactive ketones (excluding diaryl/α,β-unsaturated/α-hetero) is 1. The molecule has 7 nitrogen and oxygen atoms in total. The van der Waals surface area contributed by atoms with Crippen LogP contribution in [0.5, 0.6) is 5.88 Å². The molecule has 166 valence electrons. The number of pyridine rings is 2. The van der Waals surface area contributed by atoms with Gasteiger partial charge in [-0.05, 0) is 48.7 Å². The van der Waals surface area contributed by atoms with E-state index in [4.69, 9.17) is 4.74 Å². The van der Waals surface area contributed by atoms with Gasteiger partial charge in [-0.2, -0.15) is 4.98 Å². The molecule has 5 rings (SSSR count). The third-order valence-electron chi connectivity index (χ3n) is 6.40. The van der Waals surface area contributed by atoms with Crippen LogP contribution in [-0.2, 0) is 17.6 Å². The third kappa shape index (κ3) is 4.53. The topological polar surface area (TPSA) is 78.5 Å². The number of rotatable bonds is 7. The van der Waals surface area contributed by atoms with E-state index in [1.807, 2.05) is 12.1 Å². The highest BCUT2D eigenvalue weighted by molar-refractivity contribution is 5.90. The molecule has 0 atom stereocenters. The number of unbranched alkanes of at least 4 members (excludes halogenated alkanes) is 1. The second-order valence-electron chi connectivity index (χ2n) is 8.60. The first-order chi connectivity index (χ1) is 15.7. The Hall–Kier alpha value is -3.19. The zero-order valence-corrected chi connectivity index (χ0v) is 18.2. The van der Waals surface area contributed by atoms with Crippen molar-refractivity contribution in [2.24, 2.45) is 0 Å². The van der Waals surface area contributed by atoms with E-state index in [0.717, 1.165) is 51.0 Å². The van der Waals surface area contributed by atoms with Crippen LogP contribution in [0, 0.1) is 0 Å². The van der Waals surface area contributed by atoms with Crippen LogP contribution in [0.2, 0.25) is 0 Å². The van der Waals surface area contributed by atoms with Gasteiger partial charge in [-0.3, -0.25) is 14.5 Å². The number of hydrogen-bond acceptors (Lipinski definition) is 6. The van der Waals surface area contributed by atoms with Crippen molar-refractivity contribution in [3.63, 3.8) is 0 Å². The van der Waals surface area contributed by atoms with Crippen LogP contribution in [0.3, 0.4) is 0 Å². The largest absolute Gasteiger partial charge is 0.478 e. The van der Waals surface area contributed by atoms with Crippen molar-refractivity contribution in [1.82, 2.24) is 14.9 Å². The molecule has 32 heavy (non-hydrogen) atoms. The molecule has 3 heterocycles. The van der Waals surface area contributed by atoms with E-state index < -0.39 is 0 Å². The molecule has 0 saturated carbocycles. The first kappa shape index (κ1) is 20.7. The quantitative estimate of drug-likeness (QED) is 0.578. The van der Waals surface area contributed by atoms with E-state index in [2.05, 4.69) is 38.0 Å². The predicted molar refractivity (Wildman–Crippen MR) is 125 cm³/mol. The number of nitrogens with one attached hydrogen (secondary N) is 1. The molecule has 0 radical (unpaired) electrons. The highest BCUT2D eigenvalue weighted by atomic mass is 16.5. The molecule has 1 aliphatic carbocycles. The van der Waals surface area contributed by atoms with Gasteiger partial charge in [0.15, 0.2) is 0 Å². The van der Waals surface area contributed by atoms with E-state index in [-0.39, 0.29) is 5.56 Å². The summed E-state index contributed by atoms with van der Waals surface area (Å²) in [6, 6.07) is 13.4. The molecule has 7 heteroatoms. The minimum atomic E-state index is -0.160. The number of hydrogen-bond donors (Lipinski definition) is 1. The smallest absolute Gasteiger partial charge is 0.249 e. The molecule has 1 N–H and O–H groups in total. The van der Waals surface area contributed by atoms with Gasteiger partial charge in [0, 0.05) is 62.2 Å². The number of ether oxygens (including phenoxy) is 1. The minimum Gasteiger partial charge on any atom is -0.478 e. The molecule has 0 unspecified atom stereocenters. The lowest BCUT2D eigenvalue weighted by molar-refractivity contribution is -0.117. The number of H-pyrrole nitrogens is 1. The molecule has 1 aliphatic heterocycles. The van der Waals surface area contributed by atoms with Crippen LogP contribution in [-0.4, -0.2) is 60.0 Å². The standard InChI is InChI=1S/C25H28N4O3/c30-20-16-19-4-3-5-22(21(19)17-20)29-13-11-28(12-14-29)10-1-2-15-32-24-9-7-18-6-8-23(31)26-25(18)27-24/h3-9H,1-2,10-17H2,(H,26,27,31). The van der Waals surface area contributed by atoms with Crippen LogP contribution >= 0.6 is 0 Å². The summed E-state index contributed by atoms with van der Waals surface area (Å²) in [5.41, 5.74) is 4.11. The fraction of sp³-hybridized carbons (Fsp3) is 0.400. The van der Waals surface area contributed by atoms with Gasteiger partial charge in [-0.15, -0.1) is 0 Å². The van der Waals surface area contributed by atoms with Crippen molar-refractivity contribution in [2.45, 2.75) is 25.7 Å². The zero-order valence-electron chi connectivity index (χ0n) is 18.2. The van der Waals surface area contributed by atoms with Crippen molar-refractivity contribution in [2.75, 3.05) is 44.2 Å². The fourth-order valence-electron chi connectivity index (χ4n) is 4.68. The second kappa shape index (κ2) is 9.12. The Bertz CT molecular complexity index is 1180. The number of aromatic amines is 1. The monoisotopic (exact) mass is 432 g/mol. The lowest BCUT2D eigenvalue weighted by Crippen LogP contribution is -2.47. The summed E-state index contributed by atoms with van der Waals surface area (Å²) < 4.78 is 5.78. The lowest BCUT2D eigenvalue weighted by atomic mass is 10.1. The highest BCUT2D eigenvalue weighted by Crippen LogP contribution is 2.30. The zero-order chi connectivity index (χ0) is 21.9. The van der Waals surface area contributed by atoms with Crippen LogP contribution in [0.1, 0.15) is 24.0 Å². The molecule has 0 amide bonds.